The molecule has 0 aromatic carbocycles. The second-order valence-corrected chi connectivity index (χ2v) is 2.57. The number of carbonyl (C=O) groups excluding carboxylic acids is 1. The van der Waals surface area contributed by atoms with Crippen molar-refractivity contribution >= 4 is 5.91 Å². The average Bonchev–Trinajstić information content (AvgIpc) is 2.17. The van der Waals surface area contributed by atoms with Crippen LogP contribution in [0.2, 0.25) is 0 Å². The largest absolute Gasteiger partial charge is 0.383 e. The minimum atomic E-state index is -1.04. The quantitative estimate of drug-likeness (QED) is 0.647. The molecule has 0 aliphatic heterocycles. The number of hydrogen-bond acceptors (Lipinski definition) is 3. The first kappa shape index (κ1) is 9.41. The first-order valence-electron chi connectivity index (χ1n) is 3.69. The van der Waals surface area contributed by atoms with Gasteiger partial charge in [0.05, 0.1) is 0 Å². The molecule has 1 unspecified atom stereocenters. The molecule has 3 N–H and O–H groups in total. The predicted molar refractivity (Wildman–Crippen MR) is 47.5 cm³/mol. The normalized spacial score (nSPS) is 12.1. The predicted octanol–water partition coefficient (Wildman–Crippen LogP) is 0.157. The molecule has 68 valence electrons. The molecule has 4 heteroatoms. The Kier molecular flexibility index (Phi) is 2.76. The third-order valence-electron chi connectivity index (χ3n) is 1.67. The summed E-state index contributed by atoms with van der Waals surface area (Å²) in [5, 5.41) is 9.53. The van der Waals surface area contributed by atoms with Crippen LogP contribution in [0.3, 0.4) is 0 Å². The Balaban J connectivity index is 2.86. The van der Waals surface area contributed by atoms with Gasteiger partial charge in [-0.2, -0.15) is 0 Å². The molecule has 0 radical (unpaired) electrons. The van der Waals surface area contributed by atoms with E-state index in [1.165, 1.54) is 12.4 Å². The number of pyridine rings is 1. The van der Waals surface area contributed by atoms with Crippen molar-refractivity contribution < 1.29 is 9.90 Å². The maximum atomic E-state index is 10.7. The fourth-order valence-corrected chi connectivity index (χ4v) is 0.882. The van der Waals surface area contributed by atoms with Crippen LogP contribution < -0.4 is 5.73 Å². The Bertz CT molecular complexity index is 322. The molecule has 0 aliphatic carbocycles. The molecule has 0 aliphatic rings. The number of aliphatic hydroxyl groups excluding tert-OH is 1. The maximum absolute atomic E-state index is 10.7. The fraction of sp³-hybridized carbons (Fsp3) is 0.111. The van der Waals surface area contributed by atoms with Gasteiger partial charge in [-0.1, -0.05) is 6.58 Å². The number of carbonyl (C=O) groups is 1. The van der Waals surface area contributed by atoms with Crippen molar-refractivity contribution in [2.24, 2.45) is 5.73 Å². The number of amides is 1. The summed E-state index contributed by atoms with van der Waals surface area (Å²) >= 11 is 0. The van der Waals surface area contributed by atoms with Crippen molar-refractivity contribution in [1.82, 2.24) is 4.98 Å². The highest BCUT2D eigenvalue weighted by Gasteiger charge is 2.15. The smallest absolute Gasteiger partial charge is 0.247 e. The van der Waals surface area contributed by atoms with E-state index in [0.717, 1.165) is 0 Å². The van der Waals surface area contributed by atoms with E-state index < -0.39 is 12.0 Å². The highest BCUT2D eigenvalue weighted by Crippen LogP contribution is 2.18. The van der Waals surface area contributed by atoms with Gasteiger partial charge in [-0.05, 0) is 17.7 Å². The molecule has 4 nitrogen and oxygen atoms in total. The zero-order valence-electron chi connectivity index (χ0n) is 6.97. The van der Waals surface area contributed by atoms with E-state index in [2.05, 4.69) is 11.6 Å². The van der Waals surface area contributed by atoms with Crippen LogP contribution in [0.25, 0.3) is 0 Å². The molecule has 1 amide bonds. The van der Waals surface area contributed by atoms with E-state index in [1.54, 1.807) is 12.1 Å². The van der Waals surface area contributed by atoms with Crippen molar-refractivity contribution in [3.63, 3.8) is 0 Å². The van der Waals surface area contributed by atoms with E-state index in [1.807, 2.05) is 0 Å². The molecule has 0 bridgehead atoms. The monoisotopic (exact) mass is 178 g/mol. The van der Waals surface area contributed by atoms with Crippen molar-refractivity contribution in [2.75, 3.05) is 0 Å². The number of hydrogen-bond donors (Lipinski definition) is 2. The first-order chi connectivity index (χ1) is 6.13. The fourth-order valence-electron chi connectivity index (χ4n) is 0.882. The molecule has 1 heterocycles. The molecule has 13 heavy (non-hydrogen) atoms. The molecule has 1 aromatic heterocycles. The average molecular weight is 178 g/mol. The molecule has 0 saturated heterocycles. The molecule has 1 rings (SSSR count). The van der Waals surface area contributed by atoms with Crippen molar-refractivity contribution in [2.45, 2.75) is 6.10 Å². The van der Waals surface area contributed by atoms with Crippen LogP contribution in [0, 0.1) is 0 Å². The molecular formula is C9H10N2O2. The van der Waals surface area contributed by atoms with Crippen LogP contribution in [0.15, 0.2) is 36.7 Å². The van der Waals surface area contributed by atoms with Crippen molar-refractivity contribution in [3.8, 4) is 0 Å². The molecule has 1 atom stereocenters. The SMILES string of the molecule is C=C(C(N)=O)C(O)c1ccncc1. The van der Waals surface area contributed by atoms with E-state index in [0.29, 0.717) is 5.56 Å². The Morgan fingerprint density at radius 1 is 1.54 bits per heavy atom. The number of primary amides is 1. The Morgan fingerprint density at radius 3 is 2.54 bits per heavy atom. The van der Waals surface area contributed by atoms with Crippen LogP contribution in [0.4, 0.5) is 0 Å². The summed E-state index contributed by atoms with van der Waals surface area (Å²) in [6, 6.07) is 3.19. The second-order valence-electron chi connectivity index (χ2n) is 2.57. The summed E-state index contributed by atoms with van der Waals surface area (Å²) in [7, 11) is 0. The van der Waals surface area contributed by atoms with Crippen LogP contribution in [0.5, 0.6) is 0 Å². The van der Waals surface area contributed by atoms with Crippen LogP contribution in [0.1, 0.15) is 11.7 Å². The summed E-state index contributed by atoms with van der Waals surface area (Å²) < 4.78 is 0. The lowest BCUT2D eigenvalue weighted by Crippen LogP contribution is -2.18. The summed E-state index contributed by atoms with van der Waals surface area (Å²) in [6.45, 7) is 3.39. The standard InChI is InChI=1S/C9H10N2O2/c1-6(9(10)13)8(12)7-2-4-11-5-3-7/h2-5,8,12H,1H2,(H2,10,13). The highest BCUT2D eigenvalue weighted by molar-refractivity contribution is 5.92. The van der Waals surface area contributed by atoms with Crippen molar-refractivity contribution in [3.05, 3.63) is 42.2 Å². The van der Waals surface area contributed by atoms with E-state index in [-0.39, 0.29) is 5.57 Å². The lowest BCUT2D eigenvalue weighted by Gasteiger charge is -2.10. The van der Waals surface area contributed by atoms with Gasteiger partial charge >= 0.3 is 0 Å². The zero-order chi connectivity index (χ0) is 9.84. The summed E-state index contributed by atoms with van der Waals surface area (Å²) in [5.74, 6) is -0.704. The lowest BCUT2D eigenvalue weighted by atomic mass is 10.0. The Labute approximate surface area is 75.7 Å². The summed E-state index contributed by atoms with van der Waals surface area (Å²) in [6.07, 6.45) is 2.00. The van der Waals surface area contributed by atoms with Gasteiger partial charge in [0, 0.05) is 18.0 Å². The van der Waals surface area contributed by atoms with Gasteiger partial charge in [-0.15, -0.1) is 0 Å². The van der Waals surface area contributed by atoms with Gasteiger partial charge in [-0.3, -0.25) is 9.78 Å². The van der Waals surface area contributed by atoms with E-state index >= 15 is 0 Å². The van der Waals surface area contributed by atoms with Gasteiger partial charge in [0.1, 0.15) is 6.10 Å². The third-order valence-corrected chi connectivity index (χ3v) is 1.67. The first-order valence-corrected chi connectivity index (χ1v) is 3.69. The van der Waals surface area contributed by atoms with Crippen LogP contribution in [-0.2, 0) is 4.79 Å². The van der Waals surface area contributed by atoms with Crippen LogP contribution >= 0.6 is 0 Å². The van der Waals surface area contributed by atoms with Gasteiger partial charge in [0.2, 0.25) is 5.91 Å². The second kappa shape index (κ2) is 3.82. The highest BCUT2D eigenvalue weighted by atomic mass is 16.3. The Morgan fingerprint density at radius 2 is 2.08 bits per heavy atom. The third kappa shape index (κ3) is 2.13. The zero-order valence-corrected chi connectivity index (χ0v) is 6.97. The number of nitrogens with zero attached hydrogens (tertiary/aromatic N) is 1. The molecule has 0 spiro atoms. The Hall–Kier alpha value is -1.68. The molecule has 1 aromatic rings. The minimum absolute atomic E-state index is 0.0220. The maximum Gasteiger partial charge on any atom is 0.247 e. The summed E-state index contributed by atoms with van der Waals surface area (Å²) in [4.78, 5) is 14.4. The number of aliphatic hydroxyl groups is 1. The molecule has 0 saturated carbocycles. The van der Waals surface area contributed by atoms with E-state index in [9.17, 15) is 9.90 Å². The molecular weight excluding hydrogens is 168 g/mol. The lowest BCUT2D eigenvalue weighted by molar-refractivity contribution is -0.115. The van der Waals surface area contributed by atoms with Gasteiger partial charge in [-0.25, -0.2) is 0 Å². The van der Waals surface area contributed by atoms with Crippen molar-refractivity contribution in [1.29, 1.82) is 0 Å². The van der Waals surface area contributed by atoms with Gasteiger partial charge < -0.3 is 10.8 Å². The number of aromatic nitrogens is 1. The van der Waals surface area contributed by atoms with Gasteiger partial charge in [0.25, 0.3) is 0 Å². The van der Waals surface area contributed by atoms with E-state index in [4.69, 9.17) is 5.73 Å². The topological polar surface area (TPSA) is 76.2 Å². The minimum Gasteiger partial charge on any atom is -0.383 e. The number of nitrogens with two attached hydrogens (primary N) is 1. The van der Waals surface area contributed by atoms with Crippen LogP contribution in [-0.4, -0.2) is 16.0 Å². The van der Waals surface area contributed by atoms with Gasteiger partial charge in [0.15, 0.2) is 0 Å². The number of rotatable bonds is 3. The summed E-state index contributed by atoms with van der Waals surface area (Å²) in [5.41, 5.74) is 5.49. The molecule has 0 fully saturated rings.